The van der Waals surface area contributed by atoms with Crippen LogP contribution in [0.4, 0.5) is 0 Å². The first-order chi connectivity index (χ1) is 10.8. The zero-order chi connectivity index (χ0) is 15.2. The van der Waals surface area contributed by atoms with Crippen molar-refractivity contribution in [2.24, 2.45) is 0 Å². The second kappa shape index (κ2) is 7.46. The van der Waals surface area contributed by atoms with Crippen molar-refractivity contribution in [3.05, 3.63) is 114 Å². The van der Waals surface area contributed by atoms with Crippen molar-refractivity contribution in [1.29, 1.82) is 0 Å². The zero-order valence-corrected chi connectivity index (χ0v) is 15.2. The van der Waals surface area contributed by atoms with Gasteiger partial charge < -0.3 is 0 Å². The Hall–Kier alpha value is -1.80. The van der Waals surface area contributed by atoms with Gasteiger partial charge in [0.2, 0.25) is 0 Å². The molecule has 0 N–H and O–H groups in total. The van der Waals surface area contributed by atoms with Crippen LogP contribution >= 0.6 is 0 Å². The van der Waals surface area contributed by atoms with E-state index in [9.17, 15) is 0 Å². The van der Waals surface area contributed by atoms with E-state index < -0.39 is 0 Å². The van der Waals surface area contributed by atoms with Gasteiger partial charge in [-0.15, -0.1) is 0 Å². The zero-order valence-electron chi connectivity index (χ0n) is 12.3. The molecule has 22 heavy (non-hydrogen) atoms. The standard InChI is InChI=1S/C21H17.Sn/c1-4-10-18(11-5-1)16-17-21(19-12-6-2-7-13-19)20-14-8-3-9-15-20;/h1-17H;. The summed E-state index contributed by atoms with van der Waals surface area (Å²) in [7, 11) is 0. The molecule has 0 heterocycles. The van der Waals surface area contributed by atoms with Crippen LogP contribution in [0.1, 0.15) is 20.6 Å². The van der Waals surface area contributed by atoms with Gasteiger partial charge in [0.25, 0.3) is 0 Å². The van der Waals surface area contributed by atoms with E-state index in [1.807, 2.05) is 0 Å². The first kappa shape index (κ1) is 15.1. The van der Waals surface area contributed by atoms with Crippen LogP contribution in [0.2, 0.25) is 0 Å². The molecule has 1 atom stereocenters. The summed E-state index contributed by atoms with van der Waals surface area (Å²) in [5.74, 6) is 0. The Kier molecular flexibility index (Phi) is 5.12. The molecular formula is C21H17Sn. The molecule has 105 valence electrons. The summed E-state index contributed by atoms with van der Waals surface area (Å²) in [5, 5.41) is 0. The first-order valence-electron chi connectivity index (χ1n) is 7.43. The van der Waals surface area contributed by atoms with Crippen molar-refractivity contribution in [3.8, 4) is 0 Å². The average molecular weight is 388 g/mol. The first-order valence-corrected chi connectivity index (χ1v) is 9.08. The Morgan fingerprint density at radius 3 is 1.50 bits per heavy atom. The molecule has 3 rings (SSSR count). The predicted molar refractivity (Wildman–Crippen MR) is 94.9 cm³/mol. The predicted octanol–water partition coefficient (Wildman–Crippen LogP) is 5.03. The molecular weight excluding hydrogens is 371 g/mol. The van der Waals surface area contributed by atoms with Crippen molar-refractivity contribution in [2.45, 2.75) is 3.93 Å². The molecule has 0 aliphatic heterocycles. The molecule has 0 fully saturated rings. The Morgan fingerprint density at radius 2 is 1.05 bits per heavy atom. The van der Waals surface area contributed by atoms with Crippen molar-refractivity contribution in [2.75, 3.05) is 0 Å². The molecule has 3 radical (unpaired) electrons. The number of benzene rings is 3. The summed E-state index contributed by atoms with van der Waals surface area (Å²) in [5.41, 5.74) is 5.24. The third-order valence-electron chi connectivity index (χ3n) is 3.66. The number of hydrogen-bond acceptors (Lipinski definition) is 0. The van der Waals surface area contributed by atoms with Crippen molar-refractivity contribution < 1.29 is 0 Å². The minimum absolute atomic E-state index is 0.462. The SMILES string of the molecule is [Sn][CH](C=C(c1ccccc1)c1ccccc1)c1ccccc1. The van der Waals surface area contributed by atoms with E-state index >= 15 is 0 Å². The van der Waals surface area contributed by atoms with Crippen LogP contribution in [0, 0.1) is 0 Å². The summed E-state index contributed by atoms with van der Waals surface area (Å²) >= 11 is 1.51. The van der Waals surface area contributed by atoms with Gasteiger partial charge in [0.1, 0.15) is 0 Å². The molecule has 0 aromatic heterocycles. The van der Waals surface area contributed by atoms with E-state index in [0.29, 0.717) is 3.93 Å². The molecule has 3 aromatic rings. The van der Waals surface area contributed by atoms with Gasteiger partial charge in [-0.25, -0.2) is 0 Å². The van der Waals surface area contributed by atoms with Gasteiger partial charge >= 0.3 is 146 Å². The van der Waals surface area contributed by atoms with Crippen LogP contribution in [0.5, 0.6) is 0 Å². The van der Waals surface area contributed by atoms with E-state index in [-0.39, 0.29) is 0 Å². The van der Waals surface area contributed by atoms with E-state index in [0.717, 1.165) is 0 Å². The summed E-state index contributed by atoms with van der Waals surface area (Å²) < 4.78 is 0.462. The van der Waals surface area contributed by atoms with E-state index in [1.165, 1.54) is 44.8 Å². The van der Waals surface area contributed by atoms with Gasteiger partial charge in [-0.1, -0.05) is 0 Å². The molecule has 1 unspecified atom stereocenters. The monoisotopic (exact) mass is 389 g/mol. The number of hydrogen-bond donors (Lipinski definition) is 0. The molecule has 1 heteroatoms. The number of rotatable bonds is 4. The van der Waals surface area contributed by atoms with Crippen molar-refractivity contribution in [1.82, 2.24) is 0 Å². The van der Waals surface area contributed by atoms with Crippen LogP contribution in [-0.4, -0.2) is 22.5 Å². The van der Waals surface area contributed by atoms with Crippen LogP contribution in [0.25, 0.3) is 5.57 Å². The maximum absolute atomic E-state index is 2.40. The van der Waals surface area contributed by atoms with Gasteiger partial charge in [-0.2, -0.15) is 0 Å². The normalized spacial score (nSPS) is 11.7. The van der Waals surface area contributed by atoms with E-state index in [1.54, 1.807) is 0 Å². The summed E-state index contributed by atoms with van der Waals surface area (Å²) in [6.07, 6.45) is 2.40. The molecule has 3 aromatic carbocycles. The Labute approximate surface area is 145 Å². The summed E-state index contributed by atoms with van der Waals surface area (Å²) in [6, 6.07) is 32.0. The van der Waals surface area contributed by atoms with Gasteiger partial charge in [-0.3, -0.25) is 0 Å². The van der Waals surface area contributed by atoms with Crippen LogP contribution in [-0.2, 0) is 0 Å². The van der Waals surface area contributed by atoms with E-state index in [2.05, 4.69) is 97.1 Å². The summed E-state index contributed by atoms with van der Waals surface area (Å²) in [4.78, 5) is 0. The second-order valence-electron chi connectivity index (χ2n) is 5.20. The minimum atomic E-state index is 0.462. The Bertz CT molecular complexity index is 689. The quantitative estimate of drug-likeness (QED) is 0.551. The van der Waals surface area contributed by atoms with Gasteiger partial charge in [-0.05, 0) is 0 Å². The van der Waals surface area contributed by atoms with Crippen LogP contribution in [0.3, 0.4) is 0 Å². The molecule has 0 bridgehead atoms. The third kappa shape index (κ3) is 3.69. The second-order valence-corrected chi connectivity index (χ2v) is 6.98. The molecule has 0 saturated heterocycles. The topological polar surface area (TPSA) is 0 Å². The van der Waals surface area contributed by atoms with Crippen molar-refractivity contribution in [3.63, 3.8) is 0 Å². The Morgan fingerprint density at radius 1 is 0.636 bits per heavy atom. The molecule has 0 saturated carbocycles. The Balaban J connectivity index is 2.04. The van der Waals surface area contributed by atoms with Crippen LogP contribution in [0.15, 0.2) is 97.1 Å². The maximum atomic E-state index is 2.40. The third-order valence-corrected chi connectivity index (χ3v) is 5.09. The fraction of sp³-hybridized carbons (Fsp3) is 0.0476. The van der Waals surface area contributed by atoms with E-state index in [4.69, 9.17) is 0 Å². The summed E-state index contributed by atoms with van der Waals surface area (Å²) in [6.45, 7) is 0. The van der Waals surface area contributed by atoms with Gasteiger partial charge in [0, 0.05) is 0 Å². The molecule has 0 aliphatic rings. The number of allylic oxidation sites excluding steroid dienone is 1. The molecule has 0 aliphatic carbocycles. The van der Waals surface area contributed by atoms with Crippen molar-refractivity contribution >= 4 is 28.1 Å². The fourth-order valence-corrected chi connectivity index (χ4v) is 3.54. The molecule has 0 nitrogen and oxygen atoms in total. The van der Waals surface area contributed by atoms with Gasteiger partial charge in [0.15, 0.2) is 0 Å². The molecule has 0 spiro atoms. The molecule has 0 amide bonds. The fourth-order valence-electron chi connectivity index (χ4n) is 2.52. The average Bonchev–Trinajstić information content (AvgIpc) is 2.62. The van der Waals surface area contributed by atoms with Crippen LogP contribution < -0.4 is 0 Å². The van der Waals surface area contributed by atoms with Gasteiger partial charge in [0.05, 0.1) is 0 Å².